The van der Waals surface area contributed by atoms with Crippen LogP contribution < -0.4 is 10.9 Å². The molecular formula is C16H14BF3N4O. The summed E-state index contributed by atoms with van der Waals surface area (Å²) in [6, 6.07) is 7.54. The first-order chi connectivity index (χ1) is 11.8. The van der Waals surface area contributed by atoms with Crippen LogP contribution in [0.5, 0.6) is 0 Å². The lowest BCUT2D eigenvalue weighted by molar-refractivity contribution is -0.137. The van der Waals surface area contributed by atoms with Crippen LogP contribution in [0.4, 0.5) is 13.2 Å². The fourth-order valence-corrected chi connectivity index (χ4v) is 1.82. The van der Waals surface area contributed by atoms with Gasteiger partial charge in [-0.15, -0.1) is 0 Å². The topological polar surface area (TPSA) is 77.8 Å². The SMILES string of the molecule is CC(NNC(=O)c1ccncc1)c1cccc(C(F)(F)F)c1.[B]C#N. The molecule has 0 saturated heterocycles. The minimum Gasteiger partial charge on any atom is -0.287 e. The Morgan fingerprint density at radius 2 is 1.88 bits per heavy atom. The summed E-state index contributed by atoms with van der Waals surface area (Å²) in [5, 5.41) is 7.10. The maximum atomic E-state index is 12.7. The molecule has 1 atom stereocenters. The lowest BCUT2D eigenvalue weighted by atomic mass is 10.1. The highest BCUT2D eigenvalue weighted by atomic mass is 19.4. The Balaban J connectivity index is 0.000000970. The van der Waals surface area contributed by atoms with Gasteiger partial charge >= 0.3 is 6.18 Å². The zero-order valence-corrected chi connectivity index (χ0v) is 13.2. The summed E-state index contributed by atoms with van der Waals surface area (Å²) in [5.41, 5.74) is 5.25. The number of pyridine rings is 1. The average molecular weight is 346 g/mol. The van der Waals surface area contributed by atoms with E-state index in [0.717, 1.165) is 12.1 Å². The second-order valence-corrected chi connectivity index (χ2v) is 4.81. The monoisotopic (exact) mass is 346 g/mol. The van der Waals surface area contributed by atoms with Crippen molar-refractivity contribution >= 4 is 13.8 Å². The molecule has 0 aliphatic carbocycles. The molecule has 0 saturated carbocycles. The molecule has 1 unspecified atom stereocenters. The van der Waals surface area contributed by atoms with Gasteiger partial charge in [-0.3, -0.25) is 15.2 Å². The smallest absolute Gasteiger partial charge is 0.287 e. The number of hydrogen-bond donors (Lipinski definition) is 2. The number of benzene rings is 1. The van der Waals surface area contributed by atoms with Crippen LogP contribution in [0.3, 0.4) is 0 Å². The highest BCUT2D eigenvalue weighted by Gasteiger charge is 2.30. The number of carbonyl (C=O) groups excluding carboxylic acids is 1. The normalized spacial score (nSPS) is 11.5. The van der Waals surface area contributed by atoms with Crippen LogP contribution in [0.1, 0.15) is 34.5 Å². The van der Waals surface area contributed by atoms with E-state index >= 15 is 0 Å². The number of nitrogens with zero attached hydrogens (tertiary/aromatic N) is 2. The zero-order valence-electron chi connectivity index (χ0n) is 13.2. The minimum absolute atomic E-state index is 0.388. The van der Waals surface area contributed by atoms with Crippen LogP contribution in [0.15, 0.2) is 48.8 Å². The number of nitriles is 1. The molecule has 2 radical (unpaired) electrons. The molecule has 5 nitrogen and oxygen atoms in total. The van der Waals surface area contributed by atoms with Crippen molar-refractivity contribution in [2.45, 2.75) is 19.1 Å². The summed E-state index contributed by atoms with van der Waals surface area (Å²) in [4.78, 5) is 15.6. The van der Waals surface area contributed by atoms with E-state index in [-0.39, 0.29) is 5.91 Å². The summed E-state index contributed by atoms with van der Waals surface area (Å²) < 4.78 is 38.0. The summed E-state index contributed by atoms with van der Waals surface area (Å²) in [5.74, 6) is 0.862. The van der Waals surface area contributed by atoms with Gasteiger partial charge in [0.1, 0.15) is 0 Å². The fourth-order valence-electron chi connectivity index (χ4n) is 1.82. The number of carbonyl (C=O) groups is 1. The number of nitrogens with one attached hydrogen (secondary N) is 2. The third kappa shape index (κ3) is 6.65. The number of hydrogen-bond acceptors (Lipinski definition) is 4. The Bertz CT molecular complexity index is 732. The zero-order chi connectivity index (χ0) is 18.9. The van der Waals surface area contributed by atoms with E-state index in [1.165, 1.54) is 36.6 Å². The van der Waals surface area contributed by atoms with E-state index in [2.05, 4.69) is 23.7 Å². The van der Waals surface area contributed by atoms with Gasteiger partial charge in [0.2, 0.25) is 7.85 Å². The predicted molar refractivity (Wildman–Crippen MR) is 86.1 cm³/mol. The summed E-state index contributed by atoms with van der Waals surface area (Å²) in [7, 11) is 4.15. The molecule has 1 aromatic carbocycles. The second kappa shape index (κ2) is 9.44. The molecule has 128 valence electrons. The fraction of sp³-hybridized carbons (Fsp3) is 0.188. The van der Waals surface area contributed by atoms with Gasteiger partial charge in [-0.2, -0.15) is 13.2 Å². The highest BCUT2D eigenvalue weighted by molar-refractivity contribution is 6.20. The maximum Gasteiger partial charge on any atom is 0.416 e. The molecule has 2 N–H and O–H groups in total. The summed E-state index contributed by atoms with van der Waals surface area (Å²) in [6.07, 6.45) is -1.44. The van der Waals surface area contributed by atoms with Crippen molar-refractivity contribution in [2.75, 3.05) is 0 Å². The summed E-state index contributed by atoms with van der Waals surface area (Å²) in [6.45, 7) is 1.66. The van der Waals surface area contributed by atoms with Crippen molar-refractivity contribution in [2.24, 2.45) is 0 Å². The first kappa shape index (κ1) is 20.2. The first-order valence-electron chi connectivity index (χ1n) is 7.02. The molecule has 0 spiro atoms. The van der Waals surface area contributed by atoms with E-state index in [9.17, 15) is 18.0 Å². The van der Waals surface area contributed by atoms with E-state index in [0.29, 0.717) is 11.1 Å². The third-order valence-corrected chi connectivity index (χ3v) is 3.06. The van der Waals surface area contributed by atoms with E-state index < -0.39 is 17.8 Å². The number of halogens is 3. The van der Waals surface area contributed by atoms with E-state index in [1.807, 2.05) is 0 Å². The van der Waals surface area contributed by atoms with E-state index in [4.69, 9.17) is 5.26 Å². The molecule has 1 aromatic heterocycles. The molecule has 2 aromatic rings. The van der Waals surface area contributed by atoms with Crippen molar-refractivity contribution in [3.05, 3.63) is 65.5 Å². The Hall–Kier alpha value is -2.86. The van der Waals surface area contributed by atoms with Crippen LogP contribution in [0.25, 0.3) is 0 Å². The molecule has 2 rings (SSSR count). The molecule has 1 amide bonds. The highest BCUT2D eigenvalue weighted by Crippen LogP contribution is 2.30. The van der Waals surface area contributed by atoms with Gasteiger partial charge in [0.05, 0.1) is 5.56 Å². The quantitative estimate of drug-likeness (QED) is 0.659. The van der Waals surface area contributed by atoms with Crippen LogP contribution in [-0.4, -0.2) is 18.7 Å². The van der Waals surface area contributed by atoms with Crippen LogP contribution in [0.2, 0.25) is 0 Å². The molecule has 25 heavy (non-hydrogen) atoms. The third-order valence-electron chi connectivity index (χ3n) is 3.06. The van der Waals surface area contributed by atoms with Crippen molar-refractivity contribution < 1.29 is 18.0 Å². The molecule has 9 heteroatoms. The molecule has 0 bridgehead atoms. The Kier molecular flexibility index (Phi) is 7.63. The van der Waals surface area contributed by atoms with Crippen LogP contribution in [-0.2, 0) is 6.18 Å². The average Bonchev–Trinajstić information content (AvgIpc) is 2.60. The predicted octanol–water partition coefficient (Wildman–Crippen LogP) is 2.73. The lowest BCUT2D eigenvalue weighted by Crippen LogP contribution is -2.39. The number of hydrazine groups is 1. The minimum atomic E-state index is -4.39. The Morgan fingerprint density at radius 1 is 1.28 bits per heavy atom. The van der Waals surface area contributed by atoms with Crippen molar-refractivity contribution in [1.82, 2.24) is 15.8 Å². The van der Waals surface area contributed by atoms with Crippen molar-refractivity contribution in [1.29, 1.82) is 5.26 Å². The summed E-state index contributed by atoms with van der Waals surface area (Å²) >= 11 is 0. The lowest BCUT2D eigenvalue weighted by Gasteiger charge is -2.16. The second-order valence-electron chi connectivity index (χ2n) is 4.81. The van der Waals surface area contributed by atoms with Crippen molar-refractivity contribution in [3.8, 4) is 5.97 Å². The van der Waals surface area contributed by atoms with Gasteiger partial charge in [-0.05, 0) is 42.7 Å². The van der Waals surface area contributed by atoms with Gasteiger partial charge in [0.25, 0.3) is 5.91 Å². The van der Waals surface area contributed by atoms with E-state index in [1.54, 1.807) is 13.0 Å². The molecule has 0 aliphatic rings. The molecule has 1 heterocycles. The van der Waals surface area contributed by atoms with Gasteiger partial charge in [0.15, 0.2) is 0 Å². The number of amides is 1. The Morgan fingerprint density at radius 3 is 2.44 bits per heavy atom. The number of rotatable bonds is 4. The van der Waals surface area contributed by atoms with Crippen molar-refractivity contribution in [3.63, 3.8) is 0 Å². The number of alkyl halides is 3. The van der Waals surface area contributed by atoms with Gasteiger partial charge in [-0.25, -0.2) is 10.7 Å². The molecule has 0 aliphatic heterocycles. The van der Waals surface area contributed by atoms with Gasteiger partial charge < -0.3 is 0 Å². The molecular weight excluding hydrogens is 332 g/mol. The van der Waals surface area contributed by atoms with Gasteiger partial charge in [-0.1, -0.05) is 12.1 Å². The van der Waals surface area contributed by atoms with Crippen LogP contribution in [0, 0.1) is 11.2 Å². The molecule has 0 fully saturated rings. The van der Waals surface area contributed by atoms with Crippen LogP contribution >= 0.6 is 0 Å². The maximum absolute atomic E-state index is 12.7. The first-order valence-corrected chi connectivity index (χ1v) is 7.02. The largest absolute Gasteiger partial charge is 0.416 e. The van der Waals surface area contributed by atoms with Gasteiger partial charge in [0, 0.05) is 24.0 Å². The standard InChI is InChI=1S/C15H14F3N3O.CBN/c1-10(12-3-2-4-13(9-12)15(16,17)18)20-21-14(22)11-5-7-19-8-6-11;2-1-3/h2-10,20H,1H3,(H,21,22);. The number of aromatic nitrogens is 1. The Labute approximate surface area is 144 Å².